The minimum Gasteiger partial charge on any atom is -0.497 e. The highest BCUT2D eigenvalue weighted by Crippen LogP contribution is 2.69. The Bertz CT molecular complexity index is 924. The first-order valence-electron chi connectivity index (χ1n) is 12.7. The molecule has 0 saturated heterocycles. The third kappa shape index (κ3) is 2.68. The van der Waals surface area contributed by atoms with E-state index in [9.17, 15) is 5.11 Å². The van der Waals surface area contributed by atoms with Crippen LogP contribution in [-0.2, 0) is 0 Å². The summed E-state index contributed by atoms with van der Waals surface area (Å²) in [6.45, 7) is 7.64. The molecule has 2 N–H and O–H groups in total. The Labute approximate surface area is 187 Å². The molecule has 1 aromatic carbocycles. The van der Waals surface area contributed by atoms with E-state index >= 15 is 0 Å². The topological polar surface area (TPSA) is 41.5 Å². The van der Waals surface area contributed by atoms with Crippen LogP contribution >= 0.6 is 0 Å². The summed E-state index contributed by atoms with van der Waals surface area (Å²) in [7, 11) is 1.77. The fourth-order valence-electron chi connectivity index (χ4n) is 9.36. The Hall–Kier alpha value is -1.48. The number of nitrogens with one attached hydrogen (secondary N) is 1. The second-order valence-electron chi connectivity index (χ2n) is 12.0. The molecule has 0 unspecified atom stereocenters. The molecule has 3 saturated carbocycles. The monoisotopic (exact) mass is 421 g/mol. The number of hydrogen-bond acceptors (Lipinski definition) is 3. The molecule has 0 spiro atoms. The fraction of sp³-hybridized carbons (Fsp3) is 0.714. The lowest BCUT2D eigenvalue weighted by atomic mass is 9.47. The normalized spacial score (nSPS) is 47.6. The number of hydrogen-bond donors (Lipinski definition) is 2. The summed E-state index contributed by atoms with van der Waals surface area (Å²) in [5.74, 6) is 4.65. The molecule has 1 aromatic rings. The van der Waals surface area contributed by atoms with Crippen LogP contribution < -0.4 is 10.1 Å². The first-order chi connectivity index (χ1) is 14.8. The van der Waals surface area contributed by atoms with Crippen molar-refractivity contribution in [3.8, 4) is 5.75 Å². The summed E-state index contributed by atoms with van der Waals surface area (Å²) in [6, 6.07) is 7.20. The van der Waals surface area contributed by atoms with Gasteiger partial charge in [-0.1, -0.05) is 32.4 Å². The number of anilines is 1. The van der Waals surface area contributed by atoms with Gasteiger partial charge in [0.1, 0.15) is 5.75 Å². The van der Waals surface area contributed by atoms with E-state index in [1.807, 2.05) is 0 Å². The van der Waals surface area contributed by atoms with Gasteiger partial charge in [0.2, 0.25) is 0 Å². The Morgan fingerprint density at radius 1 is 1.13 bits per heavy atom. The summed E-state index contributed by atoms with van der Waals surface area (Å²) in [6.07, 6.45) is 10.8. The highest BCUT2D eigenvalue weighted by Gasteiger charge is 2.62. The number of allylic oxidation sites excluding steroid dienone is 1. The van der Waals surface area contributed by atoms with Crippen LogP contribution in [0.4, 0.5) is 5.69 Å². The van der Waals surface area contributed by atoms with Crippen LogP contribution in [0.5, 0.6) is 5.75 Å². The third-order valence-electron chi connectivity index (χ3n) is 10.8. The van der Waals surface area contributed by atoms with Gasteiger partial charge in [0.05, 0.1) is 13.2 Å². The van der Waals surface area contributed by atoms with Gasteiger partial charge >= 0.3 is 0 Å². The minimum atomic E-state index is -0.111. The van der Waals surface area contributed by atoms with Crippen molar-refractivity contribution in [1.82, 2.24) is 0 Å². The van der Waals surface area contributed by atoms with Gasteiger partial charge in [-0.2, -0.15) is 0 Å². The molecule has 9 atom stereocenters. The number of aliphatic hydroxyl groups is 1. The summed E-state index contributed by atoms with van der Waals surface area (Å²) >= 11 is 0. The lowest BCUT2D eigenvalue weighted by Crippen LogP contribution is -2.51. The van der Waals surface area contributed by atoms with Crippen LogP contribution in [0.1, 0.15) is 77.2 Å². The van der Waals surface area contributed by atoms with Crippen molar-refractivity contribution in [2.75, 3.05) is 12.4 Å². The smallest absolute Gasteiger partial charge is 0.119 e. The molecule has 0 aromatic heterocycles. The van der Waals surface area contributed by atoms with E-state index in [1.54, 1.807) is 12.7 Å². The van der Waals surface area contributed by atoms with E-state index in [-0.39, 0.29) is 6.10 Å². The molecule has 0 bridgehead atoms. The minimum absolute atomic E-state index is 0.111. The van der Waals surface area contributed by atoms with Crippen molar-refractivity contribution in [2.45, 2.75) is 83.8 Å². The molecule has 1 aliphatic heterocycles. The van der Waals surface area contributed by atoms with Crippen LogP contribution in [0, 0.1) is 34.5 Å². The largest absolute Gasteiger partial charge is 0.497 e. The van der Waals surface area contributed by atoms with Crippen LogP contribution in [0.3, 0.4) is 0 Å². The summed E-state index contributed by atoms with van der Waals surface area (Å²) < 4.78 is 5.56. The molecule has 168 valence electrons. The molecule has 3 nitrogen and oxygen atoms in total. The van der Waals surface area contributed by atoms with Gasteiger partial charge in [-0.25, -0.2) is 0 Å². The standard InChI is InChI=1S/C28H39NO2/c1-16-21-14-19(31-4)6-8-24(21)29-25-15-23-20-7-5-17-13-18(30)9-11-27(17,2)22(20)10-12-28(23,3)26(16)25/h5-6,8,14,16,18,20,22-23,25-26,29-30H,7,9-13,15H2,1-4H3/t16-,18+,20-,22+,23+,25-,26+,27+,28+/m1/s1. The molecule has 5 aliphatic rings. The van der Waals surface area contributed by atoms with Gasteiger partial charge in [0, 0.05) is 11.7 Å². The number of ether oxygens (including phenoxy) is 1. The van der Waals surface area contributed by atoms with Gasteiger partial charge < -0.3 is 15.2 Å². The Morgan fingerprint density at radius 2 is 1.97 bits per heavy atom. The SMILES string of the molecule is COc1ccc2c(c1)[C@@H](C)[C@H]1[C@@H](C[C@H]3[C@@H]4CC=C5C[C@@H](O)CC[C@]5(C)[C@H]4CC[C@]13C)N2. The Morgan fingerprint density at radius 3 is 2.77 bits per heavy atom. The Kier molecular flexibility index (Phi) is 4.39. The maximum absolute atomic E-state index is 10.3. The lowest BCUT2D eigenvalue weighted by Gasteiger charge is -2.58. The average Bonchev–Trinajstić information content (AvgIpc) is 3.06. The lowest BCUT2D eigenvalue weighted by molar-refractivity contribution is -0.0528. The highest BCUT2D eigenvalue weighted by molar-refractivity contribution is 5.59. The fourth-order valence-corrected chi connectivity index (χ4v) is 9.36. The summed E-state index contributed by atoms with van der Waals surface area (Å²) in [5, 5.41) is 14.3. The molecule has 31 heavy (non-hydrogen) atoms. The van der Waals surface area contributed by atoms with E-state index in [2.05, 4.69) is 50.4 Å². The number of methoxy groups -OCH3 is 1. The van der Waals surface area contributed by atoms with Gasteiger partial charge in [-0.05, 0) is 109 Å². The predicted octanol–water partition coefficient (Wildman–Crippen LogP) is 6.14. The van der Waals surface area contributed by atoms with Crippen molar-refractivity contribution in [2.24, 2.45) is 34.5 Å². The molecule has 3 heteroatoms. The second-order valence-corrected chi connectivity index (χ2v) is 12.0. The van der Waals surface area contributed by atoms with Crippen molar-refractivity contribution < 1.29 is 9.84 Å². The molecule has 1 heterocycles. The summed E-state index contributed by atoms with van der Waals surface area (Å²) in [5.41, 5.74) is 5.09. The van der Waals surface area contributed by atoms with Crippen LogP contribution in [-0.4, -0.2) is 24.4 Å². The quantitative estimate of drug-likeness (QED) is 0.535. The zero-order valence-corrected chi connectivity index (χ0v) is 19.7. The molecular weight excluding hydrogens is 382 g/mol. The predicted molar refractivity (Wildman–Crippen MR) is 125 cm³/mol. The average molecular weight is 422 g/mol. The van der Waals surface area contributed by atoms with Gasteiger partial charge in [-0.15, -0.1) is 0 Å². The van der Waals surface area contributed by atoms with E-state index in [1.165, 1.54) is 43.4 Å². The van der Waals surface area contributed by atoms with Gasteiger partial charge in [-0.3, -0.25) is 0 Å². The summed E-state index contributed by atoms with van der Waals surface area (Å²) in [4.78, 5) is 0. The molecule has 0 amide bonds. The van der Waals surface area contributed by atoms with Crippen LogP contribution in [0.2, 0.25) is 0 Å². The molecule has 0 radical (unpaired) electrons. The van der Waals surface area contributed by atoms with E-state index in [4.69, 9.17) is 4.74 Å². The maximum atomic E-state index is 10.3. The number of rotatable bonds is 1. The highest BCUT2D eigenvalue weighted by atomic mass is 16.5. The second kappa shape index (κ2) is 6.76. The zero-order chi connectivity index (χ0) is 21.5. The molecule has 3 fully saturated rings. The van der Waals surface area contributed by atoms with Crippen molar-refractivity contribution in [1.29, 1.82) is 0 Å². The Balaban J connectivity index is 1.35. The number of aliphatic hydroxyl groups excluding tert-OH is 1. The van der Waals surface area contributed by atoms with Crippen molar-refractivity contribution >= 4 is 5.69 Å². The third-order valence-corrected chi connectivity index (χ3v) is 10.8. The number of fused-ring (bicyclic) bond motifs is 8. The maximum Gasteiger partial charge on any atom is 0.119 e. The van der Waals surface area contributed by atoms with E-state index in [0.29, 0.717) is 28.7 Å². The first-order valence-corrected chi connectivity index (χ1v) is 12.7. The molecule has 6 rings (SSSR count). The van der Waals surface area contributed by atoms with E-state index < -0.39 is 0 Å². The van der Waals surface area contributed by atoms with E-state index in [0.717, 1.165) is 36.3 Å². The van der Waals surface area contributed by atoms with Crippen LogP contribution in [0.15, 0.2) is 29.8 Å². The molecule has 4 aliphatic carbocycles. The van der Waals surface area contributed by atoms with Crippen molar-refractivity contribution in [3.05, 3.63) is 35.4 Å². The zero-order valence-electron chi connectivity index (χ0n) is 19.7. The van der Waals surface area contributed by atoms with Crippen LogP contribution in [0.25, 0.3) is 0 Å². The van der Waals surface area contributed by atoms with Gasteiger partial charge in [0.25, 0.3) is 0 Å². The van der Waals surface area contributed by atoms with Gasteiger partial charge in [0.15, 0.2) is 0 Å². The number of benzene rings is 1. The first kappa shape index (κ1) is 20.1. The van der Waals surface area contributed by atoms with Crippen molar-refractivity contribution in [3.63, 3.8) is 0 Å². The molecular formula is C28H39NO2.